The van der Waals surface area contributed by atoms with Gasteiger partial charge in [0.15, 0.2) is 0 Å². The van der Waals surface area contributed by atoms with Gasteiger partial charge in [-0.15, -0.1) is 0 Å². The van der Waals surface area contributed by atoms with Gasteiger partial charge in [0.1, 0.15) is 0 Å². The highest BCUT2D eigenvalue weighted by molar-refractivity contribution is 9.10. The summed E-state index contributed by atoms with van der Waals surface area (Å²) in [6.45, 7) is 1.44. The highest BCUT2D eigenvalue weighted by atomic mass is 79.9. The summed E-state index contributed by atoms with van der Waals surface area (Å²) >= 11 is 3.22. The van der Waals surface area contributed by atoms with E-state index in [9.17, 15) is 9.18 Å². The van der Waals surface area contributed by atoms with Crippen molar-refractivity contribution < 1.29 is 14.3 Å². The molecular weight excluding hydrogens is 251 g/mol. The molecule has 0 aromatic heterocycles. The molecule has 0 fully saturated rings. The highest BCUT2D eigenvalue weighted by Crippen LogP contribution is 2.22. The van der Waals surface area contributed by atoms with Crippen LogP contribution in [0.5, 0.6) is 0 Å². The molecule has 4 heteroatoms. The van der Waals surface area contributed by atoms with Crippen LogP contribution in [0.1, 0.15) is 12.5 Å². The van der Waals surface area contributed by atoms with Gasteiger partial charge >= 0.3 is 5.97 Å². The van der Waals surface area contributed by atoms with Gasteiger partial charge in [-0.25, -0.2) is 4.79 Å². The van der Waals surface area contributed by atoms with Crippen LogP contribution in [0.2, 0.25) is 0 Å². The fourth-order valence-corrected chi connectivity index (χ4v) is 1.41. The summed E-state index contributed by atoms with van der Waals surface area (Å²) in [5, 5.41) is 8.44. The van der Waals surface area contributed by atoms with Gasteiger partial charge in [0.2, 0.25) is 5.83 Å². The van der Waals surface area contributed by atoms with E-state index in [1.807, 2.05) is 0 Å². The quantitative estimate of drug-likeness (QED) is 0.828. The minimum Gasteiger partial charge on any atom is -0.476 e. The van der Waals surface area contributed by atoms with Gasteiger partial charge in [0, 0.05) is 4.47 Å². The number of carbonyl (C=O) groups is 1. The molecule has 0 atom stereocenters. The Labute approximate surface area is 89.2 Å². The maximum absolute atomic E-state index is 13.0. The zero-order valence-corrected chi connectivity index (χ0v) is 9.01. The fourth-order valence-electron chi connectivity index (χ4n) is 1.01. The molecule has 0 spiro atoms. The zero-order valence-electron chi connectivity index (χ0n) is 7.42. The molecule has 1 aromatic carbocycles. The average molecular weight is 259 g/mol. The van der Waals surface area contributed by atoms with E-state index in [4.69, 9.17) is 5.11 Å². The Hall–Kier alpha value is -1.16. The predicted octanol–water partition coefficient (Wildman–Crippen LogP) is 3.23. The van der Waals surface area contributed by atoms with E-state index < -0.39 is 11.8 Å². The van der Waals surface area contributed by atoms with Gasteiger partial charge < -0.3 is 5.11 Å². The Balaban J connectivity index is 3.18. The molecule has 0 heterocycles. The van der Waals surface area contributed by atoms with Crippen molar-refractivity contribution in [1.82, 2.24) is 0 Å². The van der Waals surface area contributed by atoms with Crippen molar-refractivity contribution in [2.75, 3.05) is 0 Å². The van der Waals surface area contributed by atoms with Crippen molar-refractivity contribution in [3.05, 3.63) is 40.1 Å². The lowest BCUT2D eigenvalue weighted by Gasteiger charge is -2.02. The third-order valence-electron chi connectivity index (χ3n) is 1.77. The molecule has 0 amide bonds. The molecule has 0 saturated carbocycles. The zero-order chi connectivity index (χ0) is 10.7. The van der Waals surface area contributed by atoms with E-state index in [0.717, 1.165) is 4.47 Å². The monoisotopic (exact) mass is 258 g/mol. The first-order valence-electron chi connectivity index (χ1n) is 3.88. The third-order valence-corrected chi connectivity index (χ3v) is 2.27. The molecule has 0 saturated heterocycles. The highest BCUT2D eigenvalue weighted by Gasteiger charge is 2.11. The van der Waals surface area contributed by atoms with Crippen LogP contribution >= 0.6 is 15.9 Å². The standard InChI is InChI=1S/C10H8BrFO2/c1-6(9(12)10(13)14)7-3-2-4-8(11)5-7/h2-5H,1H3,(H,13,14)/b9-6-. The number of hydrogen-bond donors (Lipinski definition) is 1. The second-order valence-corrected chi connectivity index (χ2v) is 3.67. The summed E-state index contributed by atoms with van der Waals surface area (Å²) in [5.74, 6) is -2.66. The first-order valence-corrected chi connectivity index (χ1v) is 4.67. The molecule has 1 rings (SSSR count). The summed E-state index contributed by atoms with van der Waals surface area (Å²) in [6.07, 6.45) is 0. The molecule has 0 aliphatic heterocycles. The molecule has 0 aliphatic rings. The Morgan fingerprint density at radius 3 is 2.64 bits per heavy atom. The number of carboxylic acid groups (broad SMARTS) is 1. The lowest BCUT2D eigenvalue weighted by atomic mass is 10.1. The summed E-state index contributed by atoms with van der Waals surface area (Å²) < 4.78 is 13.8. The first kappa shape index (κ1) is 10.9. The van der Waals surface area contributed by atoms with Crippen molar-refractivity contribution in [3.8, 4) is 0 Å². The van der Waals surface area contributed by atoms with Crippen LogP contribution in [0.4, 0.5) is 4.39 Å². The Bertz CT molecular complexity index is 399. The molecule has 0 aliphatic carbocycles. The third kappa shape index (κ3) is 2.42. The maximum atomic E-state index is 13.0. The van der Waals surface area contributed by atoms with Gasteiger partial charge in [-0.1, -0.05) is 28.1 Å². The van der Waals surface area contributed by atoms with Crippen molar-refractivity contribution in [3.63, 3.8) is 0 Å². The van der Waals surface area contributed by atoms with Crippen LogP contribution in [0.25, 0.3) is 5.57 Å². The minimum atomic E-state index is -1.54. The Morgan fingerprint density at radius 2 is 2.14 bits per heavy atom. The number of aliphatic carboxylic acids is 1. The van der Waals surface area contributed by atoms with E-state index in [1.54, 1.807) is 24.3 Å². The van der Waals surface area contributed by atoms with Crippen LogP contribution in [0, 0.1) is 0 Å². The Morgan fingerprint density at radius 1 is 1.50 bits per heavy atom. The fraction of sp³-hybridized carbons (Fsp3) is 0.100. The number of allylic oxidation sites excluding steroid dienone is 1. The van der Waals surface area contributed by atoms with E-state index in [0.29, 0.717) is 5.56 Å². The predicted molar refractivity (Wildman–Crippen MR) is 55.5 cm³/mol. The molecule has 1 aromatic rings. The molecule has 0 unspecified atom stereocenters. The van der Waals surface area contributed by atoms with Crippen molar-refractivity contribution in [1.29, 1.82) is 0 Å². The van der Waals surface area contributed by atoms with Gasteiger partial charge in [0.25, 0.3) is 0 Å². The maximum Gasteiger partial charge on any atom is 0.365 e. The number of benzene rings is 1. The average Bonchev–Trinajstić information content (AvgIpc) is 2.15. The van der Waals surface area contributed by atoms with Crippen molar-refractivity contribution >= 4 is 27.5 Å². The van der Waals surface area contributed by atoms with Crippen LogP contribution in [0.3, 0.4) is 0 Å². The number of hydrogen-bond acceptors (Lipinski definition) is 1. The molecule has 0 radical (unpaired) electrons. The van der Waals surface area contributed by atoms with Gasteiger partial charge in [-0.05, 0) is 30.2 Å². The van der Waals surface area contributed by atoms with Crippen LogP contribution < -0.4 is 0 Å². The summed E-state index contributed by atoms with van der Waals surface area (Å²) in [6, 6.07) is 6.83. The second kappa shape index (κ2) is 4.37. The molecule has 14 heavy (non-hydrogen) atoms. The number of rotatable bonds is 2. The molecule has 1 N–H and O–H groups in total. The minimum absolute atomic E-state index is 0.124. The lowest BCUT2D eigenvalue weighted by molar-refractivity contribution is -0.134. The van der Waals surface area contributed by atoms with E-state index in [2.05, 4.69) is 15.9 Å². The van der Waals surface area contributed by atoms with Crippen LogP contribution in [0.15, 0.2) is 34.6 Å². The van der Waals surface area contributed by atoms with Crippen LogP contribution in [-0.2, 0) is 4.79 Å². The number of halogens is 2. The number of carboxylic acids is 1. The van der Waals surface area contributed by atoms with E-state index in [1.165, 1.54) is 6.92 Å². The summed E-state index contributed by atoms with van der Waals surface area (Å²) in [4.78, 5) is 10.4. The largest absolute Gasteiger partial charge is 0.476 e. The molecule has 2 nitrogen and oxygen atoms in total. The smallest absolute Gasteiger partial charge is 0.365 e. The molecule has 0 bridgehead atoms. The van der Waals surface area contributed by atoms with E-state index in [-0.39, 0.29) is 5.57 Å². The van der Waals surface area contributed by atoms with E-state index >= 15 is 0 Å². The SMILES string of the molecule is C/C(=C(/F)C(=O)O)c1cccc(Br)c1. The van der Waals surface area contributed by atoms with Gasteiger partial charge in [-0.2, -0.15) is 4.39 Å². The summed E-state index contributed by atoms with van der Waals surface area (Å²) in [5.41, 5.74) is 0.679. The Kier molecular flexibility index (Phi) is 3.41. The van der Waals surface area contributed by atoms with Crippen molar-refractivity contribution in [2.24, 2.45) is 0 Å². The van der Waals surface area contributed by atoms with Gasteiger partial charge in [-0.3, -0.25) is 0 Å². The van der Waals surface area contributed by atoms with Gasteiger partial charge in [0.05, 0.1) is 0 Å². The first-order chi connectivity index (χ1) is 6.52. The summed E-state index contributed by atoms with van der Waals surface area (Å²) in [7, 11) is 0. The van der Waals surface area contributed by atoms with Crippen molar-refractivity contribution in [2.45, 2.75) is 6.92 Å². The topological polar surface area (TPSA) is 37.3 Å². The van der Waals surface area contributed by atoms with Crippen LogP contribution in [-0.4, -0.2) is 11.1 Å². The second-order valence-electron chi connectivity index (χ2n) is 2.75. The molecular formula is C10H8BrFO2. The lowest BCUT2D eigenvalue weighted by Crippen LogP contribution is -1.97. The normalized spacial score (nSPS) is 12.2. The molecule has 74 valence electrons.